The minimum absolute atomic E-state index is 0.0496. The average molecular weight is 425 g/mol. The van der Waals surface area contributed by atoms with E-state index < -0.39 is 34.9 Å². The molecule has 3 rings (SSSR count). The van der Waals surface area contributed by atoms with Gasteiger partial charge in [-0.25, -0.2) is 31.8 Å². The first kappa shape index (κ1) is 20.6. The molecule has 0 aliphatic carbocycles. The highest BCUT2D eigenvalue weighted by Crippen LogP contribution is 2.34. The number of aromatic nitrogens is 1. The molecule has 0 aliphatic heterocycles. The first-order chi connectivity index (χ1) is 13.8. The molecule has 3 aromatic rings. The molecule has 1 aromatic heterocycles. The van der Waals surface area contributed by atoms with Gasteiger partial charge < -0.3 is 4.74 Å². The number of carbonyl (C=O) groups is 1. The molecular weight excluding hydrogens is 412 g/mol. The largest absolute Gasteiger partial charge is 0.462 e. The lowest BCUT2D eigenvalue weighted by Crippen LogP contribution is -2.12. The van der Waals surface area contributed by atoms with Gasteiger partial charge in [-0.1, -0.05) is 6.07 Å². The van der Waals surface area contributed by atoms with Crippen LogP contribution in [0.1, 0.15) is 17.3 Å². The van der Waals surface area contributed by atoms with E-state index in [9.17, 15) is 22.4 Å². The van der Waals surface area contributed by atoms with Crippen LogP contribution in [0.3, 0.4) is 0 Å². The van der Waals surface area contributed by atoms with Crippen molar-refractivity contribution in [1.82, 2.24) is 4.98 Å². The highest BCUT2D eigenvalue weighted by atomic mass is 35.5. The van der Waals surface area contributed by atoms with Crippen molar-refractivity contribution in [3.05, 3.63) is 77.4 Å². The second-order valence-electron chi connectivity index (χ2n) is 5.76. The molecule has 0 amide bonds. The van der Waals surface area contributed by atoms with E-state index in [0.717, 1.165) is 30.3 Å². The quantitative estimate of drug-likeness (QED) is 0.296. The van der Waals surface area contributed by atoms with Crippen LogP contribution in [0.25, 0.3) is 11.3 Å². The average Bonchev–Trinajstić information content (AvgIpc) is 2.67. The van der Waals surface area contributed by atoms with Gasteiger partial charge in [-0.3, -0.25) is 0 Å². The van der Waals surface area contributed by atoms with Crippen molar-refractivity contribution in [1.29, 1.82) is 0 Å². The fourth-order valence-electron chi connectivity index (χ4n) is 2.61. The number of hydrogen-bond acceptors (Lipinski definition) is 4. The summed E-state index contributed by atoms with van der Waals surface area (Å²) >= 11 is 6.08. The minimum Gasteiger partial charge on any atom is -0.462 e. The Kier molecular flexibility index (Phi) is 6.03. The summed E-state index contributed by atoms with van der Waals surface area (Å²) < 4.78 is 61.3. The number of nitrogens with zero attached hydrogens (tertiary/aromatic N) is 2. The van der Waals surface area contributed by atoms with Crippen molar-refractivity contribution >= 4 is 29.3 Å². The lowest BCUT2D eigenvalue weighted by Gasteiger charge is -2.18. The zero-order chi connectivity index (χ0) is 21.1. The normalized spacial score (nSPS) is 10.7. The summed E-state index contributed by atoms with van der Waals surface area (Å²) in [6.45, 7) is 1.63. The van der Waals surface area contributed by atoms with Gasteiger partial charge in [0.15, 0.2) is 11.6 Å². The lowest BCUT2D eigenvalue weighted by atomic mass is 10.0. The van der Waals surface area contributed by atoms with Gasteiger partial charge in [0.05, 0.1) is 17.9 Å². The Morgan fingerprint density at radius 2 is 1.72 bits per heavy atom. The maximum absolute atomic E-state index is 14.4. The summed E-state index contributed by atoms with van der Waals surface area (Å²) in [4.78, 5) is 16.3. The number of hydrogen-bond donors (Lipinski definition) is 0. The molecule has 0 N–H and O–H groups in total. The van der Waals surface area contributed by atoms with Crippen LogP contribution >= 0.6 is 11.8 Å². The Hall–Kier alpha value is -3.13. The summed E-state index contributed by atoms with van der Waals surface area (Å²) in [5, 5.41) is 0. The summed E-state index contributed by atoms with van der Waals surface area (Å²) in [6.07, 6.45) is 0. The van der Waals surface area contributed by atoms with E-state index in [0.29, 0.717) is 10.5 Å². The van der Waals surface area contributed by atoms with Crippen LogP contribution in [0.15, 0.2) is 48.5 Å². The third-order valence-corrected chi connectivity index (χ3v) is 4.24. The molecule has 150 valence electrons. The highest BCUT2D eigenvalue weighted by Gasteiger charge is 2.23. The second kappa shape index (κ2) is 8.48. The van der Waals surface area contributed by atoms with Crippen LogP contribution in [-0.4, -0.2) is 17.6 Å². The summed E-state index contributed by atoms with van der Waals surface area (Å²) in [5.74, 6) is -4.71. The van der Waals surface area contributed by atoms with Crippen LogP contribution in [0.4, 0.5) is 29.1 Å². The maximum atomic E-state index is 14.4. The van der Waals surface area contributed by atoms with Gasteiger partial charge >= 0.3 is 5.97 Å². The van der Waals surface area contributed by atoms with Crippen LogP contribution in [0, 0.1) is 23.3 Å². The van der Waals surface area contributed by atoms with E-state index in [1.807, 2.05) is 0 Å². The molecule has 1 heterocycles. The van der Waals surface area contributed by atoms with Crippen LogP contribution < -0.4 is 4.42 Å². The van der Waals surface area contributed by atoms with Gasteiger partial charge in [-0.2, -0.15) is 0 Å². The van der Waals surface area contributed by atoms with Crippen molar-refractivity contribution < 1.29 is 27.1 Å². The van der Waals surface area contributed by atoms with Gasteiger partial charge in [0.25, 0.3) is 0 Å². The topological polar surface area (TPSA) is 42.4 Å². The van der Waals surface area contributed by atoms with E-state index in [1.165, 1.54) is 12.1 Å². The second-order valence-corrected chi connectivity index (χ2v) is 6.10. The van der Waals surface area contributed by atoms with E-state index in [-0.39, 0.29) is 29.2 Å². The van der Waals surface area contributed by atoms with Gasteiger partial charge in [0.2, 0.25) is 0 Å². The zero-order valence-corrected chi connectivity index (χ0v) is 15.7. The van der Waals surface area contributed by atoms with Crippen LogP contribution in [-0.2, 0) is 4.74 Å². The molecule has 2 aromatic carbocycles. The predicted molar refractivity (Wildman–Crippen MR) is 99.9 cm³/mol. The molecule has 0 atom stereocenters. The summed E-state index contributed by atoms with van der Waals surface area (Å²) in [6, 6.07) is 8.30. The predicted octanol–water partition coefficient (Wildman–Crippen LogP) is 5.77. The van der Waals surface area contributed by atoms with E-state index in [2.05, 4.69) is 4.98 Å². The number of esters is 1. The third kappa shape index (κ3) is 4.17. The highest BCUT2D eigenvalue weighted by molar-refractivity contribution is 6.29. The zero-order valence-electron chi connectivity index (χ0n) is 14.9. The van der Waals surface area contributed by atoms with Crippen molar-refractivity contribution in [2.75, 3.05) is 11.0 Å². The molecule has 0 bridgehead atoms. The van der Waals surface area contributed by atoms with Crippen molar-refractivity contribution in [2.24, 2.45) is 0 Å². The van der Waals surface area contributed by atoms with E-state index in [4.69, 9.17) is 16.5 Å². The maximum Gasteiger partial charge on any atom is 0.340 e. The fourth-order valence-corrected chi connectivity index (χ4v) is 2.87. The number of rotatable bonds is 5. The van der Waals surface area contributed by atoms with E-state index >= 15 is 0 Å². The number of halogens is 5. The van der Waals surface area contributed by atoms with Gasteiger partial charge in [0.1, 0.15) is 23.1 Å². The summed E-state index contributed by atoms with van der Waals surface area (Å²) in [5.41, 5.74) is -1.16. The third-order valence-electron chi connectivity index (χ3n) is 3.90. The van der Waals surface area contributed by atoms with E-state index in [1.54, 1.807) is 6.92 Å². The molecule has 4 nitrogen and oxygen atoms in total. The minimum atomic E-state index is -0.988. The Morgan fingerprint density at radius 1 is 1.03 bits per heavy atom. The van der Waals surface area contributed by atoms with Gasteiger partial charge in [-0.15, -0.1) is 0 Å². The molecule has 0 saturated carbocycles. The molecule has 29 heavy (non-hydrogen) atoms. The van der Waals surface area contributed by atoms with Gasteiger partial charge in [0, 0.05) is 23.4 Å². The number of ether oxygens (including phenoxy) is 1. The Bertz CT molecular complexity index is 1060. The first-order valence-electron chi connectivity index (χ1n) is 8.37. The monoisotopic (exact) mass is 424 g/mol. The number of para-hydroxylation sites is 1. The Balaban J connectivity index is 2.18. The van der Waals surface area contributed by atoms with Crippen molar-refractivity contribution in [2.45, 2.75) is 6.92 Å². The number of pyridine rings is 1. The molecule has 0 aliphatic rings. The van der Waals surface area contributed by atoms with Crippen molar-refractivity contribution in [3.8, 4) is 11.3 Å². The lowest BCUT2D eigenvalue weighted by molar-refractivity contribution is 0.0527. The number of anilines is 2. The Labute approximate surface area is 168 Å². The molecule has 0 unspecified atom stereocenters. The number of benzene rings is 2. The fraction of sp³-hybridized carbons (Fsp3) is 0.100. The molecule has 0 radical (unpaired) electrons. The SMILES string of the molecule is CCOC(=O)c1ccc(N(Cl)c2c(F)cccc2F)nc1-c1ccc(F)cc1F. The molecule has 0 fully saturated rings. The first-order valence-corrected chi connectivity index (χ1v) is 8.70. The molecule has 0 saturated heterocycles. The molecule has 0 spiro atoms. The van der Waals surface area contributed by atoms with Crippen molar-refractivity contribution in [3.63, 3.8) is 0 Å². The summed E-state index contributed by atoms with van der Waals surface area (Å²) in [7, 11) is 0. The van der Waals surface area contributed by atoms with Crippen LogP contribution in [0.5, 0.6) is 0 Å². The van der Waals surface area contributed by atoms with Gasteiger partial charge in [-0.05, 0) is 43.3 Å². The Morgan fingerprint density at radius 3 is 2.34 bits per heavy atom. The number of carbonyl (C=O) groups excluding carboxylic acids is 1. The smallest absolute Gasteiger partial charge is 0.340 e. The standard InChI is InChI=1S/C20H13ClF4N2O2/c1-2-29-20(28)13-8-9-17(27(21)19-14(23)4-3-5-15(19)24)26-18(13)12-7-6-11(22)10-16(12)25/h3-10H,2H2,1H3. The van der Waals surface area contributed by atoms with Crippen LogP contribution in [0.2, 0.25) is 0 Å². The molecule has 9 heteroatoms. The molecular formula is C20H13ClF4N2O2.